The SMILES string of the molecule is C=CCN1C(=O)CN(S(=O)(=O)c2ccc(-n3nc(C)cc3C)cc2)C1=S. The predicted octanol–water partition coefficient (Wildman–Crippen LogP) is 1.79. The first-order valence-electron chi connectivity index (χ1n) is 7.87. The topological polar surface area (TPSA) is 75.5 Å². The monoisotopic (exact) mass is 390 g/mol. The van der Waals surface area contributed by atoms with Crippen molar-refractivity contribution in [3.8, 4) is 5.69 Å². The molecule has 3 rings (SSSR count). The zero-order valence-electron chi connectivity index (χ0n) is 14.4. The maximum Gasteiger partial charge on any atom is 0.266 e. The molecule has 7 nitrogen and oxygen atoms in total. The molecule has 136 valence electrons. The molecule has 1 aromatic heterocycles. The molecule has 0 saturated carbocycles. The second kappa shape index (κ2) is 6.65. The Morgan fingerprint density at radius 2 is 1.92 bits per heavy atom. The molecule has 0 radical (unpaired) electrons. The highest BCUT2D eigenvalue weighted by Crippen LogP contribution is 2.23. The number of nitrogens with zero attached hydrogens (tertiary/aromatic N) is 4. The van der Waals surface area contributed by atoms with Crippen LogP contribution in [0.4, 0.5) is 0 Å². The van der Waals surface area contributed by atoms with Gasteiger partial charge in [0.15, 0.2) is 5.11 Å². The van der Waals surface area contributed by atoms with E-state index in [2.05, 4.69) is 11.7 Å². The smallest absolute Gasteiger partial charge is 0.266 e. The Morgan fingerprint density at radius 3 is 2.46 bits per heavy atom. The highest BCUT2D eigenvalue weighted by atomic mass is 32.2. The normalized spacial score (nSPS) is 15.0. The second-order valence-electron chi connectivity index (χ2n) is 5.92. The van der Waals surface area contributed by atoms with Gasteiger partial charge in [0.1, 0.15) is 6.54 Å². The minimum absolute atomic E-state index is 0.0301. The van der Waals surface area contributed by atoms with Crippen molar-refractivity contribution in [2.75, 3.05) is 13.1 Å². The van der Waals surface area contributed by atoms with Gasteiger partial charge in [-0.25, -0.2) is 17.4 Å². The predicted molar refractivity (Wildman–Crippen MR) is 101 cm³/mol. The molecule has 1 aromatic carbocycles. The van der Waals surface area contributed by atoms with Crippen molar-refractivity contribution in [3.05, 3.63) is 54.4 Å². The van der Waals surface area contributed by atoms with Crippen LogP contribution >= 0.6 is 12.2 Å². The van der Waals surface area contributed by atoms with Crippen LogP contribution in [-0.2, 0) is 14.8 Å². The van der Waals surface area contributed by atoms with Crippen LogP contribution < -0.4 is 0 Å². The number of hydrogen-bond donors (Lipinski definition) is 0. The molecular formula is C17H18N4O3S2. The Kier molecular flexibility index (Phi) is 4.68. The quantitative estimate of drug-likeness (QED) is 0.575. The van der Waals surface area contributed by atoms with Gasteiger partial charge >= 0.3 is 0 Å². The van der Waals surface area contributed by atoms with Gasteiger partial charge in [-0.05, 0) is 56.4 Å². The Hall–Kier alpha value is -2.52. The molecule has 1 fully saturated rings. The summed E-state index contributed by atoms with van der Waals surface area (Å²) >= 11 is 5.16. The van der Waals surface area contributed by atoms with E-state index < -0.39 is 10.0 Å². The van der Waals surface area contributed by atoms with Crippen LogP contribution in [0.15, 0.2) is 47.9 Å². The molecule has 0 bridgehead atoms. The molecule has 9 heteroatoms. The summed E-state index contributed by atoms with van der Waals surface area (Å²) in [6.07, 6.45) is 1.50. The van der Waals surface area contributed by atoms with E-state index in [0.717, 1.165) is 21.4 Å². The van der Waals surface area contributed by atoms with Gasteiger partial charge in [-0.1, -0.05) is 6.08 Å². The molecule has 1 amide bonds. The Labute approximate surface area is 157 Å². The molecule has 2 aromatic rings. The van der Waals surface area contributed by atoms with Gasteiger partial charge in [0, 0.05) is 12.2 Å². The summed E-state index contributed by atoms with van der Waals surface area (Å²) in [5, 5.41) is 4.35. The molecule has 1 saturated heterocycles. The van der Waals surface area contributed by atoms with Crippen molar-refractivity contribution in [1.29, 1.82) is 0 Å². The zero-order valence-corrected chi connectivity index (χ0v) is 16.0. The Balaban J connectivity index is 1.91. The van der Waals surface area contributed by atoms with Crippen LogP contribution in [0.1, 0.15) is 11.4 Å². The van der Waals surface area contributed by atoms with E-state index in [0.29, 0.717) is 0 Å². The van der Waals surface area contributed by atoms with Crippen LogP contribution in [0.25, 0.3) is 5.69 Å². The summed E-state index contributed by atoms with van der Waals surface area (Å²) in [7, 11) is -3.91. The van der Waals surface area contributed by atoms with E-state index in [4.69, 9.17) is 12.2 Å². The molecule has 0 spiro atoms. The summed E-state index contributed by atoms with van der Waals surface area (Å²) in [6.45, 7) is 7.25. The lowest BCUT2D eigenvalue weighted by atomic mass is 10.3. The van der Waals surface area contributed by atoms with Gasteiger partial charge in [0.25, 0.3) is 10.0 Å². The van der Waals surface area contributed by atoms with Crippen LogP contribution in [0.3, 0.4) is 0 Å². The zero-order chi connectivity index (χ0) is 19.1. The van der Waals surface area contributed by atoms with Crippen LogP contribution in [0.5, 0.6) is 0 Å². The third kappa shape index (κ3) is 3.04. The van der Waals surface area contributed by atoms with Gasteiger partial charge in [-0.3, -0.25) is 9.69 Å². The van der Waals surface area contributed by atoms with E-state index in [1.807, 2.05) is 19.9 Å². The fourth-order valence-corrected chi connectivity index (χ4v) is 4.65. The van der Waals surface area contributed by atoms with Crippen molar-refractivity contribution < 1.29 is 13.2 Å². The molecule has 1 aliphatic heterocycles. The fourth-order valence-electron chi connectivity index (χ4n) is 2.79. The Morgan fingerprint density at radius 1 is 1.27 bits per heavy atom. The van der Waals surface area contributed by atoms with Gasteiger partial charge < -0.3 is 0 Å². The van der Waals surface area contributed by atoms with Crippen molar-refractivity contribution >= 4 is 33.3 Å². The lowest BCUT2D eigenvalue weighted by Gasteiger charge is -2.19. The molecule has 1 aliphatic rings. The number of sulfonamides is 1. The number of thiocarbonyl (C=S) groups is 1. The minimum atomic E-state index is -3.91. The number of carbonyl (C=O) groups is 1. The van der Waals surface area contributed by atoms with Crippen molar-refractivity contribution in [2.45, 2.75) is 18.7 Å². The van der Waals surface area contributed by atoms with Crippen LogP contribution in [-0.4, -0.2) is 51.5 Å². The van der Waals surface area contributed by atoms with E-state index >= 15 is 0 Å². The third-order valence-corrected chi connectivity index (χ3v) is 6.32. The highest BCUT2D eigenvalue weighted by Gasteiger charge is 2.39. The molecular weight excluding hydrogens is 372 g/mol. The van der Waals surface area contributed by atoms with Gasteiger partial charge in [0.05, 0.1) is 16.3 Å². The van der Waals surface area contributed by atoms with Gasteiger partial charge in [-0.2, -0.15) is 5.10 Å². The van der Waals surface area contributed by atoms with Crippen molar-refractivity contribution in [2.24, 2.45) is 0 Å². The Bertz CT molecular complexity index is 994. The first-order chi connectivity index (χ1) is 12.3. The number of aryl methyl sites for hydroxylation is 2. The fraction of sp³-hybridized carbons (Fsp3) is 0.235. The second-order valence-corrected chi connectivity index (χ2v) is 8.15. The number of carbonyl (C=O) groups excluding carboxylic acids is 1. The number of hydrogen-bond acceptors (Lipinski definition) is 5. The third-order valence-electron chi connectivity index (χ3n) is 4.01. The number of benzene rings is 1. The summed E-state index contributed by atoms with van der Waals surface area (Å²) in [5.74, 6) is -0.363. The largest absolute Gasteiger partial charge is 0.283 e. The average molecular weight is 390 g/mol. The average Bonchev–Trinajstić information content (AvgIpc) is 3.08. The maximum atomic E-state index is 12.9. The van der Waals surface area contributed by atoms with E-state index in [-0.39, 0.29) is 29.0 Å². The molecule has 2 heterocycles. The molecule has 0 aliphatic carbocycles. The lowest BCUT2D eigenvalue weighted by molar-refractivity contribution is -0.124. The number of aromatic nitrogens is 2. The molecule has 0 unspecified atom stereocenters. The van der Waals surface area contributed by atoms with Crippen LogP contribution in [0.2, 0.25) is 0 Å². The summed E-state index contributed by atoms with van der Waals surface area (Å²) < 4.78 is 28.4. The minimum Gasteiger partial charge on any atom is -0.283 e. The summed E-state index contributed by atoms with van der Waals surface area (Å²) in [4.78, 5) is 13.3. The molecule has 26 heavy (non-hydrogen) atoms. The van der Waals surface area contributed by atoms with Crippen molar-refractivity contribution in [3.63, 3.8) is 0 Å². The van der Waals surface area contributed by atoms with E-state index in [1.165, 1.54) is 23.1 Å². The summed E-state index contributed by atoms with van der Waals surface area (Å²) in [5.41, 5.74) is 2.58. The maximum absolute atomic E-state index is 12.9. The number of rotatable bonds is 5. The lowest BCUT2D eigenvalue weighted by Crippen LogP contribution is -2.36. The number of amides is 1. The summed E-state index contributed by atoms with van der Waals surface area (Å²) in [6, 6.07) is 8.27. The van der Waals surface area contributed by atoms with E-state index in [9.17, 15) is 13.2 Å². The first-order valence-corrected chi connectivity index (χ1v) is 9.72. The standard InChI is InChI=1S/C17H18N4O3S2/c1-4-9-19-16(22)11-20(17(19)25)26(23,24)15-7-5-14(6-8-15)21-13(3)10-12(2)18-21/h4-8,10H,1,9,11H2,2-3H3. The van der Waals surface area contributed by atoms with Gasteiger partial charge in [0.2, 0.25) is 5.91 Å². The molecule has 0 N–H and O–H groups in total. The molecule has 0 atom stereocenters. The highest BCUT2D eigenvalue weighted by molar-refractivity contribution is 7.91. The van der Waals surface area contributed by atoms with E-state index in [1.54, 1.807) is 16.8 Å². The van der Waals surface area contributed by atoms with Crippen molar-refractivity contribution in [1.82, 2.24) is 19.0 Å². The van der Waals surface area contributed by atoms with Crippen LogP contribution in [0, 0.1) is 13.8 Å². The first kappa shape index (κ1) is 18.3. The van der Waals surface area contributed by atoms with Gasteiger partial charge in [-0.15, -0.1) is 6.58 Å².